The van der Waals surface area contributed by atoms with Crippen LogP contribution in [0.1, 0.15) is 22.3 Å². The summed E-state index contributed by atoms with van der Waals surface area (Å²) in [5.41, 5.74) is 8.20. The molecule has 1 unspecified atom stereocenters. The zero-order valence-electron chi connectivity index (χ0n) is 25.5. The molecule has 0 radical (unpaired) electrons. The van der Waals surface area contributed by atoms with Crippen molar-refractivity contribution in [3.8, 4) is 11.5 Å². The van der Waals surface area contributed by atoms with Gasteiger partial charge in [0.2, 0.25) is 0 Å². The lowest BCUT2D eigenvalue weighted by Crippen LogP contribution is -2.21. The normalized spacial score (nSPS) is 12.4. The van der Waals surface area contributed by atoms with Gasteiger partial charge in [-0.25, -0.2) is 0 Å². The van der Waals surface area contributed by atoms with Gasteiger partial charge in [-0.05, 0) is 95.9 Å². The lowest BCUT2D eigenvalue weighted by molar-refractivity contribution is 0.0536. The molecule has 0 aliphatic rings. The molecule has 0 aliphatic heterocycles. The van der Waals surface area contributed by atoms with Crippen LogP contribution in [0.3, 0.4) is 0 Å². The fourth-order valence-electron chi connectivity index (χ4n) is 4.84. The zero-order valence-corrected chi connectivity index (χ0v) is 25.5. The van der Waals surface area contributed by atoms with Gasteiger partial charge in [-0.1, -0.05) is 72.3 Å². The van der Waals surface area contributed by atoms with Crippen LogP contribution in [0.25, 0.3) is 11.6 Å². The van der Waals surface area contributed by atoms with E-state index in [-0.39, 0.29) is 25.6 Å². The van der Waals surface area contributed by atoms with Gasteiger partial charge in [0, 0.05) is 17.1 Å². The van der Waals surface area contributed by atoms with Crippen LogP contribution in [-0.2, 0) is 0 Å². The lowest BCUT2D eigenvalue weighted by atomic mass is 9.95. The SMILES string of the molecule is Cc1ccc(N(c2ccccc2)c2ccc(C=C(c3ccc(OC/C(O)=C\O)cc3)c3ccc(OCC(O)CO)cc3)cc2)cc1. The average Bonchev–Trinajstić information content (AvgIpc) is 3.11. The first kappa shape index (κ1) is 31.9. The van der Waals surface area contributed by atoms with Crippen LogP contribution in [0.2, 0.25) is 0 Å². The third kappa shape index (κ3) is 8.35. The number of ether oxygens (including phenoxy) is 2. The van der Waals surface area contributed by atoms with Crippen LogP contribution in [-0.4, -0.2) is 46.4 Å². The molecule has 0 aliphatic carbocycles. The highest BCUT2D eigenvalue weighted by atomic mass is 16.5. The van der Waals surface area contributed by atoms with E-state index in [4.69, 9.17) is 19.7 Å². The molecule has 1 atom stereocenters. The van der Waals surface area contributed by atoms with Crippen LogP contribution in [0, 0.1) is 6.92 Å². The molecule has 5 aromatic rings. The predicted octanol–water partition coefficient (Wildman–Crippen LogP) is 8.12. The Morgan fingerprint density at radius 1 is 0.696 bits per heavy atom. The quantitative estimate of drug-likeness (QED) is 0.0784. The van der Waals surface area contributed by atoms with Crippen molar-refractivity contribution >= 4 is 28.7 Å². The van der Waals surface area contributed by atoms with Gasteiger partial charge in [0.05, 0.1) is 6.61 Å². The molecule has 5 aromatic carbocycles. The summed E-state index contributed by atoms with van der Waals surface area (Å²) in [7, 11) is 0. The molecule has 0 saturated heterocycles. The second-order valence-electron chi connectivity index (χ2n) is 10.8. The number of hydrogen-bond donors (Lipinski definition) is 4. The number of hydrogen-bond acceptors (Lipinski definition) is 7. The van der Waals surface area contributed by atoms with Gasteiger partial charge >= 0.3 is 0 Å². The summed E-state index contributed by atoms with van der Waals surface area (Å²) in [5, 5.41) is 37.2. The highest BCUT2D eigenvalue weighted by molar-refractivity contribution is 5.92. The van der Waals surface area contributed by atoms with E-state index in [1.807, 2.05) is 66.7 Å². The summed E-state index contributed by atoms with van der Waals surface area (Å²) in [6.45, 7) is 1.57. The average molecular weight is 616 g/mol. The van der Waals surface area contributed by atoms with E-state index in [1.54, 1.807) is 0 Å². The minimum absolute atomic E-state index is 0.00400. The molecule has 7 heteroatoms. The lowest BCUT2D eigenvalue weighted by Gasteiger charge is -2.25. The van der Waals surface area contributed by atoms with Crippen molar-refractivity contribution in [1.29, 1.82) is 0 Å². The predicted molar refractivity (Wildman–Crippen MR) is 183 cm³/mol. The van der Waals surface area contributed by atoms with E-state index < -0.39 is 6.10 Å². The van der Waals surface area contributed by atoms with Gasteiger partial charge in [0.15, 0.2) is 5.76 Å². The minimum atomic E-state index is -0.947. The van der Waals surface area contributed by atoms with Crippen molar-refractivity contribution in [3.05, 3.63) is 162 Å². The van der Waals surface area contributed by atoms with Crippen molar-refractivity contribution in [2.45, 2.75) is 13.0 Å². The molecule has 0 amide bonds. The van der Waals surface area contributed by atoms with E-state index in [2.05, 4.69) is 78.6 Å². The second-order valence-corrected chi connectivity index (χ2v) is 10.8. The van der Waals surface area contributed by atoms with Crippen molar-refractivity contribution in [1.82, 2.24) is 0 Å². The first-order valence-corrected chi connectivity index (χ1v) is 14.9. The monoisotopic (exact) mass is 615 g/mol. The van der Waals surface area contributed by atoms with Crippen molar-refractivity contribution in [2.75, 3.05) is 24.7 Å². The Morgan fingerprint density at radius 3 is 1.76 bits per heavy atom. The molecule has 0 bridgehead atoms. The molecule has 7 nitrogen and oxygen atoms in total. The Labute approximate surface area is 269 Å². The van der Waals surface area contributed by atoms with E-state index in [1.165, 1.54) is 5.56 Å². The number of benzene rings is 5. The summed E-state index contributed by atoms with van der Waals surface area (Å²) in [6.07, 6.45) is 1.78. The first-order chi connectivity index (χ1) is 22.4. The van der Waals surface area contributed by atoms with Crippen molar-refractivity contribution in [3.63, 3.8) is 0 Å². The number of nitrogens with zero attached hydrogens (tertiary/aromatic N) is 1. The van der Waals surface area contributed by atoms with Crippen molar-refractivity contribution in [2.24, 2.45) is 0 Å². The number of aliphatic hydroxyl groups is 4. The number of aliphatic hydroxyl groups excluding tert-OH is 4. The Kier molecular flexibility index (Phi) is 10.7. The molecule has 5 rings (SSSR count). The molecular weight excluding hydrogens is 578 g/mol. The number of anilines is 3. The maximum atomic E-state index is 9.65. The summed E-state index contributed by atoms with van der Waals surface area (Å²) in [6, 6.07) is 42.2. The Bertz CT molecular complexity index is 1730. The fourth-order valence-corrected chi connectivity index (χ4v) is 4.84. The van der Waals surface area contributed by atoms with E-state index in [0.29, 0.717) is 17.8 Å². The van der Waals surface area contributed by atoms with Gasteiger partial charge < -0.3 is 34.8 Å². The van der Waals surface area contributed by atoms with Crippen LogP contribution < -0.4 is 14.4 Å². The van der Waals surface area contributed by atoms with E-state index in [0.717, 1.165) is 39.3 Å². The highest BCUT2D eigenvalue weighted by Crippen LogP contribution is 2.35. The van der Waals surface area contributed by atoms with Crippen LogP contribution >= 0.6 is 0 Å². The Hall–Kier alpha value is -5.50. The van der Waals surface area contributed by atoms with Gasteiger partial charge in [-0.15, -0.1) is 0 Å². The zero-order chi connectivity index (χ0) is 32.3. The van der Waals surface area contributed by atoms with Crippen LogP contribution in [0.4, 0.5) is 17.1 Å². The summed E-state index contributed by atoms with van der Waals surface area (Å²) in [4.78, 5) is 2.22. The molecule has 0 aromatic heterocycles. The molecule has 234 valence electrons. The van der Waals surface area contributed by atoms with Gasteiger partial charge in [-0.2, -0.15) is 0 Å². The first-order valence-electron chi connectivity index (χ1n) is 14.9. The molecular formula is C39H37NO6. The molecule has 0 heterocycles. The smallest absolute Gasteiger partial charge is 0.164 e. The summed E-state index contributed by atoms with van der Waals surface area (Å²) >= 11 is 0. The van der Waals surface area contributed by atoms with Crippen molar-refractivity contribution < 1.29 is 29.9 Å². The van der Waals surface area contributed by atoms with Crippen LogP contribution in [0.5, 0.6) is 11.5 Å². The summed E-state index contributed by atoms with van der Waals surface area (Å²) < 4.78 is 11.2. The molecule has 0 spiro atoms. The maximum absolute atomic E-state index is 9.65. The van der Waals surface area contributed by atoms with E-state index >= 15 is 0 Å². The molecule has 4 N–H and O–H groups in total. The van der Waals surface area contributed by atoms with Crippen LogP contribution in [0.15, 0.2) is 139 Å². The Balaban J connectivity index is 1.48. The second kappa shape index (κ2) is 15.5. The third-order valence-electron chi connectivity index (χ3n) is 7.29. The fraction of sp³-hybridized carbons (Fsp3) is 0.128. The van der Waals surface area contributed by atoms with Gasteiger partial charge in [-0.3, -0.25) is 0 Å². The third-order valence-corrected chi connectivity index (χ3v) is 7.29. The molecule has 0 saturated carbocycles. The van der Waals surface area contributed by atoms with Gasteiger partial charge in [0.25, 0.3) is 0 Å². The minimum Gasteiger partial charge on any atom is -0.512 e. The largest absolute Gasteiger partial charge is 0.512 e. The highest BCUT2D eigenvalue weighted by Gasteiger charge is 2.13. The number of aryl methyl sites for hydroxylation is 1. The topological polar surface area (TPSA) is 103 Å². The Morgan fingerprint density at radius 2 is 1.22 bits per heavy atom. The summed E-state index contributed by atoms with van der Waals surface area (Å²) in [5.74, 6) is 0.858. The van der Waals surface area contributed by atoms with E-state index in [9.17, 15) is 10.2 Å². The standard InChI is InChI=1S/C39H37NO6/c1-28-7-15-33(16-8-28)40(32-5-3-2-4-6-32)34-17-9-29(10-18-34)23-39(30-11-19-37(20-12-30)45-26-35(43)24-41)31-13-21-38(22-14-31)46-27-36(44)25-42/h2-24,36,41-44H,25-27H2,1H3/b35-24+,39-23?. The number of rotatable bonds is 13. The molecule has 0 fully saturated rings. The van der Waals surface area contributed by atoms with Gasteiger partial charge in [0.1, 0.15) is 37.1 Å². The maximum Gasteiger partial charge on any atom is 0.164 e. The molecule has 46 heavy (non-hydrogen) atoms. The number of para-hydroxylation sites is 1.